The molecule has 2 unspecified atom stereocenters. The van der Waals surface area contributed by atoms with Crippen LogP contribution < -0.4 is 5.32 Å². The van der Waals surface area contributed by atoms with Gasteiger partial charge < -0.3 is 9.84 Å². The molecule has 1 aromatic rings. The van der Waals surface area contributed by atoms with Crippen molar-refractivity contribution in [3.05, 3.63) is 11.7 Å². The normalized spacial score (nSPS) is 32.4. The highest BCUT2D eigenvalue weighted by atomic mass is 32.2. The molecular formula is C14H24N4OS. The van der Waals surface area contributed by atoms with E-state index in [9.17, 15) is 0 Å². The number of hydrogen-bond acceptors (Lipinski definition) is 6. The lowest BCUT2D eigenvalue weighted by Crippen LogP contribution is -2.43. The first kappa shape index (κ1) is 14.4. The third-order valence-electron chi connectivity index (χ3n) is 4.74. The lowest BCUT2D eigenvalue weighted by atomic mass is 9.78. The molecule has 0 spiro atoms. The highest BCUT2D eigenvalue weighted by molar-refractivity contribution is 7.99. The van der Waals surface area contributed by atoms with Crippen LogP contribution in [0.2, 0.25) is 0 Å². The highest BCUT2D eigenvalue weighted by Crippen LogP contribution is 2.35. The minimum absolute atomic E-state index is 0.0455. The molecule has 0 aromatic carbocycles. The first-order chi connectivity index (χ1) is 9.75. The maximum Gasteiger partial charge on any atom is 0.234 e. The maximum atomic E-state index is 5.66. The van der Waals surface area contributed by atoms with Crippen LogP contribution in [-0.2, 0) is 5.41 Å². The quantitative estimate of drug-likeness (QED) is 0.918. The Morgan fingerprint density at radius 2 is 2.45 bits per heavy atom. The Bertz CT molecular complexity index is 444. The number of nitrogens with zero attached hydrogens (tertiary/aromatic N) is 3. The van der Waals surface area contributed by atoms with Gasteiger partial charge in [-0.05, 0) is 32.9 Å². The SMILES string of the molecule is CCC1(c2nc(C3CSCCN3C)no2)CCCNC1. The molecule has 0 radical (unpaired) electrons. The van der Waals surface area contributed by atoms with Crippen LogP contribution in [0.5, 0.6) is 0 Å². The molecule has 0 bridgehead atoms. The topological polar surface area (TPSA) is 54.2 Å². The molecule has 6 heteroatoms. The molecule has 2 fully saturated rings. The first-order valence-corrected chi connectivity index (χ1v) is 8.73. The molecule has 3 rings (SSSR count). The summed E-state index contributed by atoms with van der Waals surface area (Å²) in [5, 5.41) is 7.77. The molecule has 1 N–H and O–H groups in total. The van der Waals surface area contributed by atoms with Crippen molar-refractivity contribution >= 4 is 11.8 Å². The number of nitrogens with one attached hydrogen (secondary N) is 1. The summed E-state index contributed by atoms with van der Waals surface area (Å²) in [5.41, 5.74) is 0.0455. The van der Waals surface area contributed by atoms with Gasteiger partial charge in [-0.15, -0.1) is 0 Å². The van der Waals surface area contributed by atoms with Gasteiger partial charge in [0.1, 0.15) is 0 Å². The fourth-order valence-corrected chi connectivity index (χ4v) is 4.36. The predicted molar refractivity (Wildman–Crippen MR) is 81.1 cm³/mol. The second-order valence-electron chi connectivity index (χ2n) is 5.94. The molecule has 5 nitrogen and oxygen atoms in total. The Labute approximate surface area is 124 Å². The number of piperidine rings is 1. The van der Waals surface area contributed by atoms with E-state index in [1.165, 1.54) is 12.2 Å². The molecule has 3 heterocycles. The summed E-state index contributed by atoms with van der Waals surface area (Å²) in [5.74, 6) is 3.96. The number of hydrogen-bond donors (Lipinski definition) is 1. The van der Waals surface area contributed by atoms with Crippen molar-refractivity contribution in [1.29, 1.82) is 0 Å². The summed E-state index contributed by atoms with van der Waals surface area (Å²) in [6.45, 7) is 5.38. The van der Waals surface area contributed by atoms with Gasteiger partial charge in [0.05, 0.1) is 11.5 Å². The minimum Gasteiger partial charge on any atom is -0.339 e. The predicted octanol–water partition coefficient (Wildman–Crippen LogP) is 1.82. The van der Waals surface area contributed by atoms with Gasteiger partial charge in [-0.25, -0.2) is 0 Å². The molecule has 20 heavy (non-hydrogen) atoms. The Kier molecular flexibility index (Phi) is 4.33. The van der Waals surface area contributed by atoms with Crippen LogP contribution in [0.25, 0.3) is 0 Å². The van der Waals surface area contributed by atoms with Crippen molar-refractivity contribution in [2.45, 2.75) is 37.6 Å². The van der Waals surface area contributed by atoms with Crippen molar-refractivity contribution in [2.24, 2.45) is 0 Å². The van der Waals surface area contributed by atoms with Crippen LogP contribution in [0.1, 0.15) is 43.9 Å². The lowest BCUT2D eigenvalue weighted by Gasteiger charge is -2.33. The molecule has 2 aliphatic heterocycles. The van der Waals surface area contributed by atoms with Crippen LogP contribution in [-0.4, -0.2) is 53.2 Å². The molecule has 2 saturated heterocycles. The lowest BCUT2D eigenvalue weighted by molar-refractivity contribution is 0.218. The van der Waals surface area contributed by atoms with Crippen LogP contribution in [0.15, 0.2) is 4.52 Å². The minimum atomic E-state index is 0.0455. The van der Waals surface area contributed by atoms with Crippen molar-refractivity contribution in [2.75, 3.05) is 38.2 Å². The third kappa shape index (κ3) is 2.61. The van der Waals surface area contributed by atoms with Crippen molar-refractivity contribution in [1.82, 2.24) is 20.4 Å². The van der Waals surface area contributed by atoms with E-state index in [1.54, 1.807) is 0 Å². The van der Waals surface area contributed by atoms with Crippen LogP contribution in [0.4, 0.5) is 0 Å². The van der Waals surface area contributed by atoms with E-state index in [0.29, 0.717) is 6.04 Å². The van der Waals surface area contributed by atoms with Crippen molar-refractivity contribution in [3.8, 4) is 0 Å². The van der Waals surface area contributed by atoms with Gasteiger partial charge in [0, 0.05) is 24.6 Å². The van der Waals surface area contributed by atoms with E-state index >= 15 is 0 Å². The van der Waals surface area contributed by atoms with Crippen molar-refractivity contribution in [3.63, 3.8) is 0 Å². The summed E-state index contributed by atoms with van der Waals surface area (Å²) in [6.07, 6.45) is 3.38. The summed E-state index contributed by atoms with van der Waals surface area (Å²) >= 11 is 1.98. The van der Waals surface area contributed by atoms with Crippen LogP contribution in [0, 0.1) is 0 Å². The number of aromatic nitrogens is 2. The first-order valence-electron chi connectivity index (χ1n) is 7.58. The fourth-order valence-electron chi connectivity index (χ4n) is 3.15. The Balaban J connectivity index is 1.81. The molecule has 112 valence electrons. The summed E-state index contributed by atoms with van der Waals surface area (Å²) in [4.78, 5) is 7.11. The average molecular weight is 296 g/mol. The third-order valence-corrected chi connectivity index (χ3v) is 5.76. The Morgan fingerprint density at radius 1 is 1.55 bits per heavy atom. The van der Waals surface area contributed by atoms with Crippen LogP contribution in [0.3, 0.4) is 0 Å². The van der Waals surface area contributed by atoms with Gasteiger partial charge in [-0.1, -0.05) is 12.1 Å². The zero-order valence-electron chi connectivity index (χ0n) is 12.4. The Hall–Kier alpha value is -0.590. The van der Waals surface area contributed by atoms with Gasteiger partial charge in [-0.3, -0.25) is 4.90 Å². The number of rotatable bonds is 3. The van der Waals surface area contributed by atoms with E-state index in [2.05, 4.69) is 29.3 Å². The van der Waals surface area contributed by atoms with Gasteiger partial charge in [0.2, 0.25) is 5.89 Å². The van der Waals surface area contributed by atoms with E-state index in [-0.39, 0.29) is 5.41 Å². The zero-order valence-corrected chi connectivity index (χ0v) is 13.2. The zero-order chi connectivity index (χ0) is 14.0. The molecule has 0 aliphatic carbocycles. The molecule has 0 saturated carbocycles. The number of thioether (sulfide) groups is 1. The molecule has 2 aliphatic rings. The van der Waals surface area contributed by atoms with Gasteiger partial charge >= 0.3 is 0 Å². The molecule has 2 atom stereocenters. The van der Waals surface area contributed by atoms with Crippen LogP contribution >= 0.6 is 11.8 Å². The highest BCUT2D eigenvalue weighted by Gasteiger charge is 2.38. The van der Waals surface area contributed by atoms with Gasteiger partial charge in [0.25, 0.3) is 0 Å². The fraction of sp³-hybridized carbons (Fsp3) is 0.857. The van der Waals surface area contributed by atoms with E-state index in [4.69, 9.17) is 9.51 Å². The smallest absolute Gasteiger partial charge is 0.234 e. The summed E-state index contributed by atoms with van der Waals surface area (Å²) in [7, 11) is 2.15. The molecule has 1 aromatic heterocycles. The largest absolute Gasteiger partial charge is 0.339 e. The van der Waals surface area contributed by atoms with E-state index in [1.807, 2.05) is 11.8 Å². The van der Waals surface area contributed by atoms with Gasteiger partial charge in [0.15, 0.2) is 5.82 Å². The summed E-state index contributed by atoms with van der Waals surface area (Å²) in [6, 6.07) is 0.303. The standard InChI is InChI=1S/C14H24N4OS/c1-3-14(5-4-6-15-10-14)13-16-12(17-19-13)11-9-20-8-7-18(11)2/h11,15H,3-10H2,1-2H3. The van der Waals surface area contributed by atoms with Crippen molar-refractivity contribution < 1.29 is 4.52 Å². The second-order valence-corrected chi connectivity index (χ2v) is 7.09. The second kappa shape index (κ2) is 6.03. The monoisotopic (exact) mass is 296 g/mol. The van der Waals surface area contributed by atoms with E-state index in [0.717, 1.165) is 49.9 Å². The molecule has 0 amide bonds. The van der Waals surface area contributed by atoms with E-state index < -0.39 is 0 Å². The maximum absolute atomic E-state index is 5.66. The average Bonchev–Trinajstić information content (AvgIpc) is 2.98. The molecular weight excluding hydrogens is 272 g/mol. The van der Waals surface area contributed by atoms with Gasteiger partial charge in [-0.2, -0.15) is 16.7 Å². The summed E-state index contributed by atoms with van der Waals surface area (Å²) < 4.78 is 5.66. The Morgan fingerprint density at radius 3 is 3.15 bits per heavy atom.